The van der Waals surface area contributed by atoms with Gasteiger partial charge in [-0.2, -0.15) is 0 Å². The number of aryl methyl sites for hydroxylation is 2. The molecule has 0 aliphatic carbocycles. The minimum atomic E-state index is -3.39. The maximum absolute atomic E-state index is 12.1. The van der Waals surface area contributed by atoms with Crippen molar-refractivity contribution in [3.8, 4) is 5.75 Å². The summed E-state index contributed by atoms with van der Waals surface area (Å²) in [6.07, 6.45) is 2.01. The van der Waals surface area contributed by atoms with Gasteiger partial charge in [0.15, 0.2) is 0 Å². The van der Waals surface area contributed by atoms with Crippen molar-refractivity contribution in [2.24, 2.45) is 0 Å². The van der Waals surface area contributed by atoms with Crippen LogP contribution in [0.5, 0.6) is 5.75 Å². The number of pyridine rings is 1. The highest BCUT2D eigenvalue weighted by Crippen LogP contribution is 2.14. The molecule has 0 saturated heterocycles. The Balaban J connectivity index is 2.01. The lowest BCUT2D eigenvalue weighted by atomic mass is 10.2. The molecule has 1 aromatic carbocycles. The molecule has 1 heterocycles. The summed E-state index contributed by atoms with van der Waals surface area (Å²) in [5, 5.41) is 0. The molecule has 112 valence electrons. The van der Waals surface area contributed by atoms with E-state index in [9.17, 15) is 8.42 Å². The van der Waals surface area contributed by atoms with Crippen molar-refractivity contribution < 1.29 is 13.2 Å². The molecule has 1 N–H and O–H groups in total. The molecular weight excluding hydrogens is 288 g/mol. The van der Waals surface area contributed by atoms with Gasteiger partial charge in [0, 0.05) is 11.9 Å². The van der Waals surface area contributed by atoms with Crippen molar-refractivity contribution in [2.75, 3.05) is 17.6 Å². The van der Waals surface area contributed by atoms with Crippen molar-refractivity contribution in [1.29, 1.82) is 0 Å². The maximum atomic E-state index is 12.1. The van der Waals surface area contributed by atoms with Crippen molar-refractivity contribution in [3.63, 3.8) is 0 Å². The topological polar surface area (TPSA) is 68.3 Å². The normalized spacial score (nSPS) is 11.1. The van der Waals surface area contributed by atoms with Gasteiger partial charge in [-0.1, -0.05) is 12.1 Å². The zero-order valence-corrected chi connectivity index (χ0v) is 12.9. The van der Waals surface area contributed by atoms with Crippen LogP contribution in [0.4, 0.5) is 5.69 Å². The highest BCUT2D eigenvalue weighted by Gasteiger charge is 2.11. The molecule has 0 unspecified atom stereocenters. The van der Waals surface area contributed by atoms with Gasteiger partial charge in [0.2, 0.25) is 10.0 Å². The molecule has 0 amide bonds. The third-order valence-electron chi connectivity index (χ3n) is 2.96. The molecule has 0 radical (unpaired) electrons. The number of methoxy groups -OCH3 is 1. The van der Waals surface area contributed by atoms with Crippen molar-refractivity contribution >= 4 is 15.7 Å². The number of benzene rings is 1. The number of nitrogens with one attached hydrogen (secondary N) is 1. The standard InChI is InChI=1S/C15H18N2O3S/c1-12-10-14(6-8-16-12)17-21(18,19)9-7-13-4-3-5-15(11-13)20-2/h3-6,8,10-11H,7,9H2,1-2H3,(H,16,17). The molecule has 0 fully saturated rings. The number of aromatic nitrogens is 1. The summed E-state index contributed by atoms with van der Waals surface area (Å²) in [6, 6.07) is 10.7. The molecule has 0 aliphatic rings. The molecule has 2 rings (SSSR count). The van der Waals surface area contributed by atoms with Crippen LogP contribution < -0.4 is 9.46 Å². The van der Waals surface area contributed by atoms with Gasteiger partial charge in [-0.25, -0.2) is 8.42 Å². The Morgan fingerprint density at radius 1 is 1.24 bits per heavy atom. The molecule has 6 heteroatoms. The molecule has 0 saturated carbocycles. The Kier molecular flexibility index (Phi) is 4.80. The van der Waals surface area contributed by atoms with Gasteiger partial charge in [-0.15, -0.1) is 0 Å². The second-order valence-electron chi connectivity index (χ2n) is 4.71. The van der Waals surface area contributed by atoms with E-state index in [1.54, 1.807) is 25.4 Å². The summed E-state index contributed by atoms with van der Waals surface area (Å²) in [5.41, 5.74) is 2.22. The fourth-order valence-corrected chi connectivity index (χ4v) is 3.01. The first-order valence-electron chi connectivity index (χ1n) is 6.54. The number of hydrogen-bond acceptors (Lipinski definition) is 4. The smallest absolute Gasteiger partial charge is 0.233 e. The van der Waals surface area contributed by atoms with E-state index in [2.05, 4.69) is 9.71 Å². The van der Waals surface area contributed by atoms with E-state index in [0.29, 0.717) is 12.1 Å². The summed E-state index contributed by atoms with van der Waals surface area (Å²) < 4.78 is 31.8. The number of anilines is 1. The first kappa shape index (κ1) is 15.3. The molecule has 2 aromatic rings. The number of ether oxygens (including phenoxy) is 1. The van der Waals surface area contributed by atoms with Crippen molar-refractivity contribution in [3.05, 3.63) is 53.9 Å². The monoisotopic (exact) mass is 306 g/mol. The Morgan fingerprint density at radius 2 is 2.05 bits per heavy atom. The summed E-state index contributed by atoms with van der Waals surface area (Å²) in [4.78, 5) is 4.03. The van der Waals surface area contributed by atoms with Gasteiger partial charge in [0.25, 0.3) is 0 Å². The lowest BCUT2D eigenvalue weighted by Gasteiger charge is -2.09. The van der Waals surface area contributed by atoms with Crippen molar-refractivity contribution in [2.45, 2.75) is 13.3 Å². The number of nitrogens with zero attached hydrogens (tertiary/aromatic N) is 1. The number of sulfonamides is 1. The molecule has 0 bridgehead atoms. The van der Waals surface area contributed by atoms with Gasteiger partial charge in [-0.05, 0) is 43.2 Å². The van der Waals surface area contributed by atoms with Crippen LogP contribution in [0, 0.1) is 6.92 Å². The zero-order valence-electron chi connectivity index (χ0n) is 12.0. The second-order valence-corrected chi connectivity index (χ2v) is 6.55. The zero-order chi connectivity index (χ0) is 15.3. The fourth-order valence-electron chi connectivity index (χ4n) is 1.92. The average Bonchev–Trinajstić information content (AvgIpc) is 2.45. The van der Waals surface area contributed by atoms with Gasteiger partial charge in [0.05, 0.1) is 18.6 Å². The highest BCUT2D eigenvalue weighted by molar-refractivity contribution is 7.92. The average molecular weight is 306 g/mol. The minimum Gasteiger partial charge on any atom is -0.497 e. The predicted octanol–water partition coefficient (Wildman–Crippen LogP) is 2.38. The molecule has 5 nitrogen and oxygen atoms in total. The maximum Gasteiger partial charge on any atom is 0.233 e. The summed E-state index contributed by atoms with van der Waals surface area (Å²) in [7, 11) is -1.80. The van der Waals surface area contributed by atoms with Gasteiger partial charge < -0.3 is 4.74 Å². The van der Waals surface area contributed by atoms with Gasteiger partial charge >= 0.3 is 0 Å². The van der Waals surface area contributed by atoms with Crippen LogP contribution in [-0.4, -0.2) is 26.3 Å². The van der Waals surface area contributed by atoms with Gasteiger partial charge in [-0.3, -0.25) is 9.71 Å². The number of rotatable bonds is 6. The molecular formula is C15H18N2O3S. The number of hydrogen-bond donors (Lipinski definition) is 1. The second kappa shape index (κ2) is 6.58. The van der Waals surface area contributed by atoms with E-state index in [4.69, 9.17) is 4.74 Å². The van der Waals surface area contributed by atoms with E-state index in [1.165, 1.54) is 0 Å². The SMILES string of the molecule is COc1cccc(CCS(=O)(=O)Nc2ccnc(C)c2)c1. The van der Waals surface area contributed by atoms with Crippen LogP contribution in [0.25, 0.3) is 0 Å². The van der Waals surface area contributed by atoms with Crippen LogP contribution in [0.15, 0.2) is 42.6 Å². The Bertz CT molecular complexity index is 714. The van der Waals surface area contributed by atoms with Crippen molar-refractivity contribution in [1.82, 2.24) is 4.98 Å². The first-order valence-corrected chi connectivity index (χ1v) is 8.20. The lowest BCUT2D eigenvalue weighted by Crippen LogP contribution is -2.18. The van der Waals surface area contributed by atoms with Gasteiger partial charge in [0.1, 0.15) is 5.75 Å². The largest absolute Gasteiger partial charge is 0.497 e. The lowest BCUT2D eigenvalue weighted by molar-refractivity contribution is 0.414. The molecule has 0 aliphatic heterocycles. The summed E-state index contributed by atoms with van der Waals surface area (Å²) in [5.74, 6) is 0.740. The molecule has 0 spiro atoms. The highest BCUT2D eigenvalue weighted by atomic mass is 32.2. The van der Waals surface area contributed by atoms with Crippen LogP contribution in [0.3, 0.4) is 0 Å². The van der Waals surface area contributed by atoms with Crippen LogP contribution >= 0.6 is 0 Å². The third kappa shape index (κ3) is 4.75. The summed E-state index contributed by atoms with van der Waals surface area (Å²) in [6.45, 7) is 1.81. The Labute approximate surface area is 125 Å². The van der Waals surface area contributed by atoms with E-state index < -0.39 is 10.0 Å². The Hall–Kier alpha value is -2.08. The van der Waals surface area contributed by atoms with Crippen LogP contribution in [-0.2, 0) is 16.4 Å². The van der Waals surface area contributed by atoms with E-state index >= 15 is 0 Å². The van der Waals surface area contributed by atoms with Crippen LogP contribution in [0.2, 0.25) is 0 Å². The quantitative estimate of drug-likeness (QED) is 0.889. The molecule has 1 aromatic heterocycles. The fraction of sp³-hybridized carbons (Fsp3) is 0.267. The first-order chi connectivity index (χ1) is 9.98. The van der Waals surface area contributed by atoms with E-state index in [1.807, 2.05) is 31.2 Å². The Morgan fingerprint density at radius 3 is 2.76 bits per heavy atom. The van der Waals surface area contributed by atoms with Crippen LogP contribution in [0.1, 0.15) is 11.3 Å². The predicted molar refractivity (Wildman–Crippen MR) is 83.1 cm³/mol. The minimum absolute atomic E-state index is 0.0154. The molecule has 0 atom stereocenters. The summed E-state index contributed by atoms with van der Waals surface area (Å²) >= 11 is 0. The van der Waals surface area contributed by atoms with E-state index in [0.717, 1.165) is 17.0 Å². The van der Waals surface area contributed by atoms with E-state index in [-0.39, 0.29) is 5.75 Å². The third-order valence-corrected chi connectivity index (χ3v) is 4.25. The molecule has 21 heavy (non-hydrogen) atoms.